The molecule has 1 fully saturated rings. The lowest BCUT2D eigenvalue weighted by atomic mass is 10.1. The molecule has 0 spiro atoms. The Morgan fingerprint density at radius 1 is 1.22 bits per heavy atom. The van der Waals surface area contributed by atoms with E-state index < -0.39 is 0 Å². The summed E-state index contributed by atoms with van der Waals surface area (Å²) < 4.78 is 5.06. The maximum absolute atomic E-state index is 5.06. The number of nitrogens with one attached hydrogen (secondary N) is 1. The van der Waals surface area contributed by atoms with Gasteiger partial charge < -0.3 is 10.1 Å². The van der Waals surface area contributed by atoms with Crippen molar-refractivity contribution in [3.63, 3.8) is 0 Å². The highest BCUT2D eigenvalue weighted by Gasteiger charge is 2.22. The number of hydrogen-bond donors (Lipinski definition) is 1. The normalized spacial score (nSPS) is 20.7. The van der Waals surface area contributed by atoms with Crippen molar-refractivity contribution in [3.05, 3.63) is 0 Å². The zero-order valence-electron chi connectivity index (χ0n) is 12.4. The van der Waals surface area contributed by atoms with E-state index in [0.717, 1.165) is 25.7 Å². The molecule has 0 radical (unpaired) electrons. The van der Waals surface area contributed by atoms with Crippen LogP contribution in [0.15, 0.2) is 0 Å². The minimum Gasteiger partial charge on any atom is -0.383 e. The Labute approximate surface area is 113 Å². The predicted molar refractivity (Wildman–Crippen MR) is 78.1 cm³/mol. The molecular weight excluding hydrogens is 224 g/mol. The van der Waals surface area contributed by atoms with E-state index in [4.69, 9.17) is 4.74 Å². The third kappa shape index (κ3) is 6.72. The Balaban J connectivity index is 2.03. The Bertz CT molecular complexity index is 187. The van der Waals surface area contributed by atoms with Crippen molar-refractivity contribution >= 4 is 0 Å². The highest BCUT2D eigenvalue weighted by atomic mass is 16.5. The SMILES string of the molecule is CCCCCCCN1CCCC1CNCCOC. The van der Waals surface area contributed by atoms with Crippen LogP contribution in [0.4, 0.5) is 0 Å². The zero-order chi connectivity index (χ0) is 13.1. The second-order valence-corrected chi connectivity index (χ2v) is 5.44. The number of unbranched alkanes of at least 4 members (excludes halogenated alkanes) is 4. The summed E-state index contributed by atoms with van der Waals surface area (Å²) in [5.41, 5.74) is 0. The molecule has 0 aromatic heterocycles. The highest BCUT2D eigenvalue weighted by molar-refractivity contribution is 4.80. The van der Waals surface area contributed by atoms with Crippen LogP contribution in [0.5, 0.6) is 0 Å². The minimum absolute atomic E-state index is 0.771. The second-order valence-electron chi connectivity index (χ2n) is 5.44. The average Bonchev–Trinajstić information content (AvgIpc) is 2.82. The molecule has 1 N–H and O–H groups in total. The molecule has 3 heteroatoms. The number of rotatable bonds is 11. The van der Waals surface area contributed by atoms with Crippen molar-refractivity contribution in [2.75, 3.05) is 39.9 Å². The molecule has 1 heterocycles. The zero-order valence-corrected chi connectivity index (χ0v) is 12.4. The van der Waals surface area contributed by atoms with Gasteiger partial charge in [-0.2, -0.15) is 0 Å². The largest absolute Gasteiger partial charge is 0.383 e. The van der Waals surface area contributed by atoms with Crippen molar-refractivity contribution in [2.45, 2.75) is 57.9 Å². The number of nitrogens with zero attached hydrogens (tertiary/aromatic N) is 1. The molecule has 18 heavy (non-hydrogen) atoms. The van der Waals surface area contributed by atoms with E-state index in [-0.39, 0.29) is 0 Å². The van der Waals surface area contributed by atoms with Gasteiger partial charge >= 0.3 is 0 Å². The van der Waals surface area contributed by atoms with Crippen molar-refractivity contribution in [2.24, 2.45) is 0 Å². The summed E-state index contributed by atoms with van der Waals surface area (Å²) in [4.78, 5) is 2.69. The summed E-state index contributed by atoms with van der Waals surface area (Å²) in [5.74, 6) is 0. The van der Waals surface area contributed by atoms with Crippen LogP contribution in [-0.2, 0) is 4.74 Å². The van der Waals surface area contributed by atoms with Gasteiger partial charge in [0.05, 0.1) is 6.61 Å². The van der Waals surface area contributed by atoms with E-state index in [9.17, 15) is 0 Å². The molecule has 0 saturated carbocycles. The third-order valence-corrected chi connectivity index (χ3v) is 3.91. The van der Waals surface area contributed by atoms with Crippen LogP contribution in [0, 0.1) is 0 Å². The molecule has 0 amide bonds. The molecule has 1 aliphatic heterocycles. The first-order valence-electron chi connectivity index (χ1n) is 7.82. The Hall–Kier alpha value is -0.120. The summed E-state index contributed by atoms with van der Waals surface area (Å²) in [7, 11) is 1.76. The summed E-state index contributed by atoms with van der Waals surface area (Å²) in [6.45, 7) is 7.84. The molecule has 1 atom stereocenters. The molecule has 0 aromatic rings. The van der Waals surface area contributed by atoms with E-state index in [2.05, 4.69) is 17.1 Å². The Morgan fingerprint density at radius 3 is 2.83 bits per heavy atom. The predicted octanol–water partition coefficient (Wildman–Crippen LogP) is 2.66. The lowest BCUT2D eigenvalue weighted by Crippen LogP contribution is -2.39. The van der Waals surface area contributed by atoms with Gasteiger partial charge in [0.25, 0.3) is 0 Å². The summed E-state index contributed by atoms with van der Waals surface area (Å²) >= 11 is 0. The summed E-state index contributed by atoms with van der Waals surface area (Å²) in [5, 5.41) is 3.50. The van der Waals surface area contributed by atoms with E-state index in [1.807, 2.05) is 0 Å². The van der Waals surface area contributed by atoms with Gasteiger partial charge in [-0.3, -0.25) is 4.90 Å². The maximum atomic E-state index is 5.06. The van der Waals surface area contributed by atoms with Gasteiger partial charge in [0, 0.05) is 26.2 Å². The fraction of sp³-hybridized carbons (Fsp3) is 1.00. The number of hydrogen-bond acceptors (Lipinski definition) is 3. The van der Waals surface area contributed by atoms with Crippen LogP contribution >= 0.6 is 0 Å². The molecule has 3 nitrogen and oxygen atoms in total. The molecule has 0 bridgehead atoms. The number of methoxy groups -OCH3 is 1. The topological polar surface area (TPSA) is 24.5 Å². The maximum Gasteiger partial charge on any atom is 0.0587 e. The second kappa shape index (κ2) is 10.8. The fourth-order valence-electron chi connectivity index (χ4n) is 2.78. The van der Waals surface area contributed by atoms with Gasteiger partial charge in [0.2, 0.25) is 0 Å². The smallest absolute Gasteiger partial charge is 0.0587 e. The van der Waals surface area contributed by atoms with Gasteiger partial charge in [-0.25, -0.2) is 0 Å². The van der Waals surface area contributed by atoms with E-state index in [0.29, 0.717) is 0 Å². The molecule has 1 aliphatic rings. The molecule has 0 aromatic carbocycles. The lowest BCUT2D eigenvalue weighted by molar-refractivity contribution is 0.191. The third-order valence-electron chi connectivity index (χ3n) is 3.91. The molecule has 1 unspecified atom stereocenters. The van der Waals surface area contributed by atoms with E-state index in [1.54, 1.807) is 7.11 Å². The van der Waals surface area contributed by atoms with E-state index >= 15 is 0 Å². The first-order valence-corrected chi connectivity index (χ1v) is 7.82. The highest BCUT2D eigenvalue weighted by Crippen LogP contribution is 2.17. The Morgan fingerprint density at radius 2 is 2.06 bits per heavy atom. The minimum atomic E-state index is 0.771. The number of likely N-dealkylation sites (tertiary alicyclic amines) is 1. The monoisotopic (exact) mass is 256 g/mol. The standard InChI is InChI=1S/C15H32N2O/c1-3-4-5-6-7-11-17-12-8-9-15(17)14-16-10-13-18-2/h15-16H,3-14H2,1-2H3. The average molecular weight is 256 g/mol. The first kappa shape index (κ1) is 15.9. The number of ether oxygens (including phenoxy) is 1. The molecular formula is C15H32N2O. The molecule has 1 rings (SSSR count). The van der Waals surface area contributed by atoms with Crippen LogP contribution in [0.3, 0.4) is 0 Å². The molecule has 108 valence electrons. The lowest BCUT2D eigenvalue weighted by Gasteiger charge is -2.24. The van der Waals surface area contributed by atoms with Gasteiger partial charge in [0.1, 0.15) is 0 Å². The van der Waals surface area contributed by atoms with Crippen molar-refractivity contribution < 1.29 is 4.74 Å². The van der Waals surface area contributed by atoms with Crippen molar-refractivity contribution in [1.82, 2.24) is 10.2 Å². The van der Waals surface area contributed by atoms with Crippen LogP contribution in [0.2, 0.25) is 0 Å². The van der Waals surface area contributed by atoms with Gasteiger partial charge in [-0.15, -0.1) is 0 Å². The summed E-state index contributed by atoms with van der Waals surface area (Å²) in [6, 6.07) is 0.771. The van der Waals surface area contributed by atoms with E-state index in [1.165, 1.54) is 58.0 Å². The van der Waals surface area contributed by atoms with Crippen LogP contribution in [0.1, 0.15) is 51.9 Å². The fourth-order valence-corrected chi connectivity index (χ4v) is 2.78. The van der Waals surface area contributed by atoms with Crippen molar-refractivity contribution in [3.8, 4) is 0 Å². The quantitative estimate of drug-likeness (QED) is 0.575. The van der Waals surface area contributed by atoms with Crippen molar-refractivity contribution in [1.29, 1.82) is 0 Å². The van der Waals surface area contributed by atoms with Crippen LogP contribution in [0.25, 0.3) is 0 Å². The first-order chi connectivity index (χ1) is 8.88. The van der Waals surface area contributed by atoms with Gasteiger partial charge in [0.15, 0.2) is 0 Å². The van der Waals surface area contributed by atoms with Crippen LogP contribution in [-0.4, -0.2) is 50.8 Å². The van der Waals surface area contributed by atoms with Gasteiger partial charge in [-0.05, 0) is 32.4 Å². The van der Waals surface area contributed by atoms with Crippen LogP contribution < -0.4 is 5.32 Å². The Kier molecular flexibility index (Phi) is 9.54. The molecule has 0 aliphatic carbocycles. The van der Waals surface area contributed by atoms with Gasteiger partial charge in [-0.1, -0.05) is 32.6 Å². The molecule has 1 saturated heterocycles. The summed E-state index contributed by atoms with van der Waals surface area (Å²) in [6.07, 6.45) is 9.71.